The molecule has 2 aromatic rings. The predicted octanol–water partition coefficient (Wildman–Crippen LogP) is 2.70. The third-order valence-corrected chi connectivity index (χ3v) is 6.80. The van der Waals surface area contributed by atoms with Gasteiger partial charge in [-0.15, -0.1) is 12.4 Å². The van der Waals surface area contributed by atoms with Gasteiger partial charge in [0.2, 0.25) is 15.8 Å². The summed E-state index contributed by atoms with van der Waals surface area (Å²) >= 11 is 0. The molecule has 2 unspecified atom stereocenters. The number of sulfonamides is 1. The number of carbonyl (C=O) groups excluding carboxylic acids is 1. The van der Waals surface area contributed by atoms with E-state index in [1.54, 1.807) is 26.0 Å². The molecule has 1 aliphatic rings. The maximum atomic E-state index is 13.0. The minimum atomic E-state index is -3.63. The van der Waals surface area contributed by atoms with Gasteiger partial charge in [-0.05, 0) is 44.4 Å². The Labute approximate surface area is 165 Å². The van der Waals surface area contributed by atoms with Crippen molar-refractivity contribution in [3.63, 3.8) is 0 Å². The topological polar surface area (TPSA) is 103 Å². The quantitative estimate of drug-likeness (QED) is 0.768. The zero-order valence-corrected chi connectivity index (χ0v) is 17.2. The van der Waals surface area contributed by atoms with Crippen molar-refractivity contribution in [2.45, 2.75) is 38.1 Å². The number of esters is 1. The van der Waals surface area contributed by atoms with E-state index in [1.165, 1.54) is 10.4 Å². The fourth-order valence-corrected chi connectivity index (χ4v) is 4.83. The van der Waals surface area contributed by atoms with Crippen molar-refractivity contribution in [2.24, 2.45) is 11.7 Å². The SMILES string of the molecule is CCOC(=O)c1oc2ccc(S(=O)(=O)N3CCC(N)C(C)C3)cc2c1C.Cl. The van der Waals surface area contributed by atoms with Gasteiger partial charge >= 0.3 is 5.97 Å². The van der Waals surface area contributed by atoms with Crippen molar-refractivity contribution in [1.29, 1.82) is 0 Å². The van der Waals surface area contributed by atoms with E-state index in [1.807, 2.05) is 6.92 Å². The molecule has 2 atom stereocenters. The maximum absolute atomic E-state index is 13.0. The van der Waals surface area contributed by atoms with E-state index in [0.29, 0.717) is 36.0 Å². The number of hydrogen-bond donors (Lipinski definition) is 1. The highest BCUT2D eigenvalue weighted by Gasteiger charge is 2.32. The Kier molecular flexibility index (Phi) is 6.57. The monoisotopic (exact) mass is 416 g/mol. The molecule has 27 heavy (non-hydrogen) atoms. The van der Waals surface area contributed by atoms with E-state index in [-0.39, 0.29) is 41.6 Å². The average molecular weight is 417 g/mol. The van der Waals surface area contributed by atoms with Crippen LogP contribution in [-0.2, 0) is 14.8 Å². The number of fused-ring (bicyclic) bond motifs is 1. The molecule has 0 aliphatic carbocycles. The molecule has 7 nitrogen and oxygen atoms in total. The second-order valence-electron chi connectivity index (χ2n) is 6.73. The van der Waals surface area contributed by atoms with Crippen LogP contribution in [0.4, 0.5) is 0 Å². The minimum Gasteiger partial charge on any atom is -0.460 e. The Balaban J connectivity index is 0.00000261. The lowest BCUT2D eigenvalue weighted by atomic mass is 9.96. The summed E-state index contributed by atoms with van der Waals surface area (Å²) in [4.78, 5) is 12.2. The molecule has 0 bridgehead atoms. The summed E-state index contributed by atoms with van der Waals surface area (Å²) in [5.41, 5.74) is 7.03. The Morgan fingerprint density at radius 2 is 2.11 bits per heavy atom. The normalized spacial score (nSPS) is 21.0. The molecule has 2 N–H and O–H groups in total. The van der Waals surface area contributed by atoms with Crippen LogP contribution in [0.15, 0.2) is 27.5 Å². The number of halogens is 1. The predicted molar refractivity (Wildman–Crippen MR) is 105 cm³/mol. The molecule has 0 radical (unpaired) electrons. The maximum Gasteiger partial charge on any atom is 0.374 e. The summed E-state index contributed by atoms with van der Waals surface area (Å²) in [7, 11) is -3.63. The highest BCUT2D eigenvalue weighted by molar-refractivity contribution is 7.89. The van der Waals surface area contributed by atoms with Gasteiger partial charge in [0.05, 0.1) is 11.5 Å². The number of carbonyl (C=O) groups is 1. The average Bonchev–Trinajstić information content (AvgIpc) is 2.94. The fourth-order valence-electron chi connectivity index (χ4n) is 3.24. The van der Waals surface area contributed by atoms with Crippen LogP contribution in [0.1, 0.15) is 36.4 Å². The van der Waals surface area contributed by atoms with E-state index >= 15 is 0 Å². The highest BCUT2D eigenvalue weighted by Crippen LogP contribution is 2.30. The summed E-state index contributed by atoms with van der Waals surface area (Å²) in [6.45, 7) is 6.44. The molecule has 0 amide bonds. The van der Waals surface area contributed by atoms with Crippen molar-refractivity contribution in [3.05, 3.63) is 29.5 Å². The number of piperidine rings is 1. The lowest BCUT2D eigenvalue weighted by Gasteiger charge is -2.34. The fraction of sp³-hybridized carbons (Fsp3) is 0.500. The number of hydrogen-bond acceptors (Lipinski definition) is 6. The number of furan rings is 1. The van der Waals surface area contributed by atoms with Crippen molar-refractivity contribution in [2.75, 3.05) is 19.7 Å². The first-order valence-electron chi connectivity index (χ1n) is 8.71. The van der Waals surface area contributed by atoms with Crippen molar-refractivity contribution in [3.8, 4) is 0 Å². The van der Waals surface area contributed by atoms with Crippen LogP contribution in [0.25, 0.3) is 11.0 Å². The summed E-state index contributed by atoms with van der Waals surface area (Å²) in [5.74, 6) is -0.341. The first kappa shape index (κ1) is 21.7. The number of ether oxygens (including phenoxy) is 1. The van der Waals surface area contributed by atoms with Crippen molar-refractivity contribution < 1.29 is 22.4 Å². The molecule has 0 spiro atoms. The van der Waals surface area contributed by atoms with Crippen LogP contribution < -0.4 is 5.73 Å². The van der Waals surface area contributed by atoms with Gasteiger partial charge in [-0.1, -0.05) is 6.92 Å². The van der Waals surface area contributed by atoms with Crippen LogP contribution in [-0.4, -0.2) is 44.4 Å². The smallest absolute Gasteiger partial charge is 0.374 e. The third-order valence-electron chi connectivity index (χ3n) is 4.94. The molecule has 1 aromatic heterocycles. The molecule has 1 saturated heterocycles. The number of benzene rings is 1. The summed E-state index contributed by atoms with van der Waals surface area (Å²) in [5, 5.41) is 0.593. The molecule has 1 aliphatic heterocycles. The largest absolute Gasteiger partial charge is 0.460 e. The molecule has 2 heterocycles. The first-order chi connectivity index (χ1) is 12.3. The van der Waals surface area contributed by atoms with Crippen LogP contribution in [0.3, 0.4) is 0 Å². The highest BCUT2D eigenvalue weighted by atomic mass is 35.5. The minimum absolute atomic E-state index is 0. The standard InChI is InChI=1S/C18H24N2O5S.ClH/c1-4-24-18(21)17-12(3)14-9-13(5-6-16(14)25-17)26(22,23)20-8-7-15(19)11(2)10-20;/h5-6,9,11,15H,4,7-8,10,19H2,1-3H3;1H. The summed E-state index contributed by atoms with van der Waals surface area (Å²) in [6.07, 6.45) is 0.639. The van der Waals surface area contributed by atoms with Gasteiger partial charge in [0.15, 0.2) is 0 Å². The van der Waals surface area contributed by atoms with E-state index in [2.05, 4.69) is 0 Å². The molecular formula is C18H25ClN2O5S. The second-order valence-corrected chi connectivity index (χ2v) is 8.67. The number of rotatable bonds is 4. The molecule has 1 aromatic carbocycles. The van der Waals surface area contributed by atoms with E-state index < -0.39 is 16.0 Å². The molecule has 1 fully saturated rings. The Bertz CT molecular complexity index is 941. The molecular weight excluding hydrogens is 392 g/mol. The Morgan fingerprint density at radius 1 is 1.41 bits per heavy atom. The lowest BCUT2D eigenvalue weighted by Crippen LogP contribution is -2.48. The number of aryl methyl sites for hydroxylation is 1. The van der Waals surface area contributed by atoms with Crippen LogP contribution >= 0.6 is 12.4 Å². The van der Waals surface area contributed by atoms with Crippen LogP contribution in [0, 0.1) is 12.8 Å². The van der Waals surface area contributed by atoms with E-state index in [4.69, 9.17) is 14.9 Å². The third kappa shape index (κ3) is 3.99. The van der Waals surface area contributed by atoms with Gasteiger partial charge in [0.1, 0.15) is 5.58 Å². The Morgan fingerprint density at radius 3 is 2.74 bits per heavy atom. The van der Waals surface area contributed by atoms with Crippen LogP contribution in [0.2, 0.25) is 0 Å². The number of nitrogens with two attached hydrogens (primary N) is 1. The van der Waals surface area contributed by atoms with Gasteiger partial charge in [-0.3, -0.25) is 0 Å². The molecule has 0 saturated carbocycles. The van der Waals surface area contributed by atoms with Crippen LogP contribution in [0.5, 0.6) is 0 Å². The Hall–Kier alpha value is -1.61. The van der Waals surface area contributed by atoms with Gasteiger partial charge in [0, 0.05) is 30.1 Å². The lowest BCUT2D eigenvalue weighted by molar-refractivity contribution is 0.0491. The van der Waals surface area contributed by atoms with Gasteiger partial charge in [-0.2, -0.15) is 4.31 Å². The van der Waals surface area contributed by atoms with Crippen molar-refractivity contribution in [1.82, 2.24) is 4.31 Å². The van der Waals surface area contributed by atoms with Crippen molar-refractivity contribution >= 4 is 39.4 Å². The zero-order chi connectivity index (χ0) is 19.1. The van der Waals surface area contributed by atoms with Gasteiger partial charge in [-0.25, -0.2) is 13.2 Å². The second kappa shape index (κ2) is 8.18. The number of nitrogens with zero attached hydrogens (tertiary/aromatic N) is 1. The molecule has 3 rings (SSSR count). The van der Waals surface area contributed by atoms with Gasteiger partial charge in [0.25, 0.3) is 0 Å². The summed E-state index contributed by atoms with van der Waals surface area (Å²) < 4.78 is 38.0. The molecule has 150 valence electrons. The van der Waals surface area contributed by atoms with E-state index in [9.17, 15) is 13.2 Å². The van der Waals surface area contributed by atoms with Gasteiger partial charge < -0.3 is 14.9 Å². The molecule has 9 heteroatoms. The van der Waals surface area contributed by atoms with E-state index in [0.717, 1.165) is 0 Å². The summed E-state index contributed by atoms with van der Waals surface area (Å²) in [6, 6.07) is 4.67. The zero-order valence-electron chi connectivity index (χ0n) is 15.6. The first-order valence-corrected chi connectivity index (χ1v) is 10.2.